The normalized spacial score (nSPS) is 11.1. The van der Waals surface area contributed by atoms with Crippen LogP contribution in [0.5, 0.6) is 0 Å². The quantitative estimate of drug-likeness (QED) is 0.595. The lowest BCUT2D eigenvalue weighted by molar-refractivity contribution is -0.140. The molecular formula is C13H13FO3. The van der Waals surface area contributed by atoms with Crippen LogP contribution in [0.25, 0.3) is 6.08 Å². The van der Waals surface area contributed by atoms with E-state index >= 15 is 0 Å². The molecule has 0 aliphatic carbocycles. The second-order valence-electron chi connectivity index (χ2n) is 3.56. The monoisotopic (exact) mass is 236 g/mol. The Bertz CT molecular complexity index is 446. The Morgan fingerprint density at radius 1 is 1.24 bits per heavy atom. The average molecular weight is 236 g/mol. The number of benzene rings is 1. The Morgan fingerprint density at radius 3 is 2.29 bits per heavy atom. The maximum absolute atomic E-state index is 12.7. The van der Waals surface area contributed by atoms with Crippen LogP contribution in [0.1, 0.15) is 19.4 Å². The van der Waals surface area contributed by atoms with Gasteiger partial charge in [0.05, 0.1) is 0 Å². The molecule has 0 bridgehead atoms. The van der Waals surface area contributed by atoms with E-state index in [2.05, 4.69) is 0 Å². The minimum absolute atomic E-state index is 0.0674. The van der Waals surface area contributed by atoms with Crippen molar-refractivity contribution in [3.05, 3.63) is 41.2 Å². The third-order valence-corrected chi connectivity index (χ3v) is 2.09. The Hall–Kier alpha value is -1.97. The van der Waals surface area contributed by atoms with E-state index in [9.17, 15) is 14.0 Å². The Morgan fingerprint density at radius 2 is 1.82 bits per heavy atom. The Kier molecular flexibility index (Phi) is 4.57. The van der Waals surface area contributed by atoms with Crippen LogP contribution < -0.4 is 0 Å². The third kappa shape index (κ3) is 4.59. The fourth-order valence-corrected chi connectivity index (χ4v) is 1.18. The number of hydrogen-bond acceptors (Lipinski definition) is 3. The fraction of sp³-hybridized carbons (Fsp3) is 0.231. The first-order chi connectivity index (χ1) is 7.99. The summed E-state index contributed by atoms with van der Waals surface area (Å²) in [7, 11) is 0. The lowest BCUT2D eigenvalue weighted by Crippen LogP contribution is -2.08. The zero-order valence-corrected chi connectivity index (χ0v) is 9.70. The van der Waals surface area contributed by atoms with E-state index < -0.39 is 5.97 Å². The van der Waals surface area contributed by atoms with E-state index in [0.29, 0.717) is 11.1 Å². The van der Waals surface area contributed by atoms with Crippen molar-refractivity contribution in [3.8, 4) is 0 Å². The highest BCUT2D eigenvalue weighted by molar-refractivity contribution is 5.98. The second-order valence-corrected chi connectivity index (χ2v) is 3.56. The molecular weight excluding hydrogens is 223 g/mol. The molecule has 0 saturated carbocycles. The van der Waals surface area contributed by atoms with E-state index in [1.165, 1.54) is 26.0 Å². The van der Waals surface area contributed by atoms with Gasteiger partial charge in [-0.05, 0) is 30.7 Å². The van der Waals surface area contributed by atoms with Gasteiger partial charge in [0.15, 0.2) is 5.78 Å². The Balaban J connectivity index is 2.86. The van der Waals surface area contributed by atoms with Gasteiger partial charge in [-0.3, -0.25) is 9.59 Å². The van der Waals surface area contributed by atoms with Gasteiger partial charge < -0.3 is 4.74 Å². The number of ketones is 1. The predicted molar refractivity (Wildman–Crippen MR) is 61.7 cm³/mol. The van der Waals surface area contributed by atoms with Gasteiger partial charge in [-0.2, -0.15) is 0 Å². The van der Waals surface area contributed by atoms with E-state index in [0.717, 1.165) is 0 Å². The molecule has 0 heterocycles. The lowest BCUT2D eigenvalue weighted by atomic mass is 10.1. The molecule has 0 amide bonds. The standard InChI is InChI=1S/C13H13FO3/c1-9(15)12(8-17-10(2)16)7-11-3-5-13(14)6-4-11/h3-7H,8H2,1-2H3/b12-7+. The molecule has 0 fully saturated rings. The van der Waals surface area contributed by atoms with Crippen molar-refractivity contribution in [2.45, 2.75) is 13.8 Å². The highest BCUT2D eigenvalue weighted by atomic mass is 19.1. The molecule has 17 heavy (non-hydrogen) atoms. The highest BCUT2D eigenvalue weighted by Crippen LogP contribution is 2.09. The van der Waals surface area contributed by atoms with E-state index in [4.69, 9.17) is 4.74 Å². The van der Waals surface area contributed by atoms with Gasteiger partial charge in [0.1, 0.15) is 12.4 Å². The molecule has 0 radical (unpaired) electrons. The Labute approximate surface area is 98.9 Å². The fourth-order valence-electron chi connectivity index (χ4n) is 1.18. The molecule has 0 N–H and O–H groups in total. The zero-order chi connectivity index (χ0) is 12.8. The molecule has 4 heteroatoms. The topological polar surface area (TPSA) is 43.4 Å². The van der Waals surface area contributed by atoms with Gasteiger partial charge in [0.25, 0.3) is 0 Å². The molecule has 0 atom stereocenters. The zero-order valence-electron chi connectivity index (χ0n) is 9.70. The first-order valence-corrected chi connectivity index (χ1v) is 5.09. The third-order valence-electron chi connectivity index (χ3n) is 2.09. The van der Waals surface area contributed by atoms with Gasteiger partial charge >= 0.3 is 5.97 Å². The molecule has 0 spiro atoms. The van der Waals surface area contributed by atoms with Crippen molar-refractivity contribution in [2.75, 3.05) is 6.61 Å². The number of ether oxygens (including phenoxy) is 1. The number of esters is 1. The molecule has 0 aromatic heterocycles. The summed E-state index contributed by atoms with van der Waals surface area (Å²) < 4.78 is 17.4. The smallest absolute Gasteiger partial charge is 0.302 e. The van der Waals surface area contributed by atoms with Gasteiger partial charge in [-0.15, -0.1) is 0 Å². The highest BCUT2D eigenvalue weighted by Gasteiger charge is 2.06. The van der Waals surface area contributed by atoms with E-state index in [1.54, 1.807) is 18.2 Å². The summed E-state index contributed by atoms with van der Waals surface area (Å²) in [5.74, 6) is -0.974. The van der Waals surface area contributed by atoms with Crippen LogP contribution in [0.2, 0.25) is 0 Å². The van der Waals surface area contributed by atoms with Gasteiger partial charge in [0.2, 0.25) is 0 Å². The van der Waals surface area contributed by atoms with Crippen molar-refractivity contribution in [3.63, 3.8) is 0 Å². The molecule has 1 aromatic rings. The molecule has 0 unspecified atom stereocenters. The first-order valence-electron chi connectivity index (χ1n) is 5.09. The van der Waals surface area contributed by atoms with Gasteiger partial charge in [-0.25, -0.2) is 4.39 Å². The van der Waals surface area contributed by atoms with E-state index in [-0.39, 0.29) is 18.2 Å². The molecule has 1 aromatic carbocycles. The second kappa shape index (κ2) is 5.94. The number of hydrogen-bond donors (Lipinski definition) is 0. The predicted octanol–water partition coefficient (Wildman–Crippen LogP) is 2.36. The molecule has 0 aliphatic rings. The molecule has 3 nitrogen and oxygen atoms in total. The van der Waals surface area contributed by atoms with Crippen molar-refractivity contribution >= 4 is 17.8 Å². The summed E-state index contributed by atoms with van der Waals surface area (Å²) in [5.41, 5.74) is 1.05. The van der Waals surface area contributed by atoms with Crippen molar-refractivity contribution in [2.24, 2.45) is 0 Å². The molecule has 0 saturated heterocycles. The number of Topliss-reactive ketones (excluding diaryl/α,β-unsaturated/α-hetero) is 1. The first kappa shape index (κ1) is 13.1. The van der Waals surface area contributed by atoms with Crippen molar-refractivity contribution in [1.29, 1.82) is 0 Å². The lowest BCUT2D eigenvalue weighted by Gasteiger charge is -2.04. The summed E-state index contributed by atoms with van der Waals surface area (Å²) in [5, 5.41) is 0. The summed E-state index contributed by atoms with van der Waals surface area (Å²) in [4.78, 5) is 22.0. The van der Waals surface area contributed by atoms with Crippen LogP contribution in [-0.4, -0.2) is 18.4 Å². The molecule has 1 rings (SSSR count). The van der Waals surface area contributed by atoms with Crippen LogP contribution in [0.15, 0.2) is 29.8 Å². The number of halogens is 1. The van der Waals surface area contributed by atoms with Crippen LogP contribution in [0.3, 0.4) is 0 Å². The summed E-state index contributed by atoms with van der Waals surface area (Å²) >= 11 is 0. The summed E-state index contributed by atoms with van der Waals surface area (Å²) in [6, 6.07) is 5.70. The van der Waals surface area contributed by atoms with Gasteiger partial charge in [0, 0.05) is 12.5 Å². The minimum Gasteiger partial charge on any atom is -0.461 e. The van der Waals surface area contributed by atoms with Crippen molar-refractivity contribution in [1.82, 2.24) is 0 Å². The minimum atomic E-state index is -0.448. The summed E-state index contributed by atoms with van der Waals surface area (Å²) in [6.07, 6.45) is 1.57. The maximum Gasteiger partial charge on any atom is 0.302 e. The van der Waals surface area contributed by atoms with E-state index in [1.807, 2.05) is 0 Å². The number of rotatable bonds is 4. The SMILES string of the molecule is CC(=O)OC/C(=C\c1ccc(F)cc1)C(C)=O. The molecule has 90 valence electrons. The van der Waals surface area contributed by atoms with Crippen LogP contribution >= 0.6 is 0 Å². The van der Waals surface area contributed by atoms with Crippen LogP contribution in [-0.2, 0) is 14.3 Å². The van der Waals surface area contributed by atoms with Crippen molar-refractivity contribution < 1.29 is 18.7 Å². The number of carbonyl (C=O) groups excluding carboxylic acids is 2. The van der Waals surface area contributed by atoms with Crippen LogP contribution in [0, 0.1) is 5.82 Å². The number of carbonyl (C=O) groups is 2. The van der Waals surface area contributed by atoms with Crippen LogP contribution in [0.4, 0.5) is 4.39 Å². The largest absolute Gasteiger partial charge is 0.461 e. The molecule has 0 aliphatic heterocycles. The average Bonchev–Trinajstić information content (AvgIpc) is 2.26. The maximum atomic E-state index is 12.7. The summed E-state index contributed by atoms with van der Waals surface area (Å²) in [6.45, 7) is 2.59. The van der Waals surface area contributed by atoms with Gasteiger partial charge in [-0.1, -0.05) is 12.1 Å².